The minimum absolute atomic E-state index is 0.296. The van der Waals surface area contributed by atoms with E-state index in [2.05, 4.69) is 0 Å². The summed E-state index contributed by atoms with van der Waals surface area (Å²) in [7, 11) is 0. The van der Waals surface area contributed by atoms with Crippen molar-refractivity contribution in [3.63, 3.8) is 0 Å². The van der Waals surface area contributed by atoms with E-state index in [4.69, 9.17) is 10.2 Å². The van der Waals surface area contributed by atoms with Crippen LogP contribution in [0.5, 0.6) is 0 Å². The van der Waals surface area contributed by atoms with Crippen LogP contribution in [0.15, 0.2) is 21.6 Å². The first kappa shape index (κ1) is 9.68. The van der Waals surface area contributed by atoms with Crippen molar-refractivity contribution in [2.45, 2.75) is 31.2 Å². The summed E-state index contributed by atoms with van der Waals surface area (Å²) in [5.41, 5.74) is 5.63. The van der Waals surface area contributed by atoms with Crippen LogP contribution in [0.2, 0.25) is 0 Å². The minimum Gasteiger partial charge on any atom is -0.468 e. The van der Waals surface area contributed by atoms with E-state index < -0.39 is 0 Å². The molecule has 68 valence electrons. The van der Waals surface area contributed by atoms with Crippen molar-refractivity contribution in [1.29, 1.82) is 0 Å². The topological polar surface area (TPSA) is 39.2 Å². The van der Waals surface area contributed by atoms with Gasteiger partial charge in [-0.05, 0) is 32.1 Å². The number of hydrogen-bond acceptors (Lipinski definition) is 3. The van der Waals surface area contributed by atoms with Crippen LogP contribution >= 0.6 is 11.8 Å². The van der Waals surface area contributed by atoms with Crippen LogP contribution in [0.3, 0.4) is 0 Å². The molecule has 12 heavy (non-hydrogen) atoms. The van der Waals surface area contributed by atoms with Crippen LogP contribution in [0, 0.1) is 6.92 Å². The molecule has 1 heterocycles. The maximum atomic E-state index is 5.63. The Morgan fingerprint density at radius 2 is 2.42 bits per heavy atom. The Morgan fingerprint density at radius 3 is 2.92 bits per heavy atom. The molecule has 1 aromatic rings. The zero-order valence-corrected chi connectivity index (χ0v) is 8.36. The Balaban J connectivity index is 2.29. The lowest BCUT2D eigenvalue weighted by Crippen LogP contribution is -2.15. The molecule has 1 unspecified atom stereocenters. The first-order valence-corrected chi connectivity index (χ1v) is 5.11. The third kappa shape index (κ3) is 2.91. The van der Waals surface area contributed by atoms with Crippen LogP contribution in [-0.2, 0) is 0 Å². The molecule has 0 saturated heterocycles. The highest BCUT2D eigenvalue weighted by molar-refractivity contribution is 7.99. The van der Waals surface area contributed by atoms with E-state index in [9.17, 15) is 0 Å². The van der Waals surface area contributed by atoms with E-state index in [0.717, 1.165) is 17.9 Å². The van der Waals surface area contributed by atoms with Gasteiger partial charge in [-0.1, -0.05) is 0 Å². The lowest BCUT2D eigenvalue weighted by molar-refractivity contribution is 0.527. The molecule has 1 aromatic heterocycles. The van der Waals surface area contributed by atoms with Gasteiger partial charge in [0.2, 0.25) is 0 Å². The number of hydrogen-bond donors (Lipinski definition) is 1. The quantitative estimate of drug-likeness (QED) is 0.732. The van der Waals surface area contributed by atoms with Crippen LogP contribution in [0.1, 0.15) is 19.1 Å². The average molecular weight is 185 g/mol. The van der Waals surface area contributed by atoms with Gasteiger partial charge in [-0.25, -0.2) is 0 Å². The van der Waals surface area contributed by atoms with Gasteiger partial charge in [0.15, 0.2) is 0 Å². The van der Waals surface area contributed by atoms with Crippen molar-refractivity contribution < 1.29 is 4.42 Å². The Bertz CT molecular complexity index is 232. The van der Waals surface area contributed by atoms with Gasteiger partial charge in [0.25, 0.3) is 0 Å². The summed E-state index contributed by atoms with van der Waals surface area (Å²) < 4.78 is 5.17. The van der Waals surface area contributed by atoms with E-state index in [1.54, 1.807) is 6.26 Å². The highest BCUT2D eigenvalue weighted by Crippen LogP contribution is 2.23. The molecule has 0 bridgehead atoms. The summed E-state index contributed by atoms with van der Waals surface area (Å²) in [6.45, 7) is 4.01. The molecule has 3 heteroatoms. The highest BCUT2D eigenvalue weighted by atomic mass is 32.2. The summed E-state index contributed by atoms with van der Waals surface area (Å²) in [5, 5.41) is 0. The Kier molecular flexibility index (Phi) is 3.69. The fourth-order valence-corrected chi connectivity index (χ4v) is 1.99. The molecule has 0 amide bonds. The standard InChI is InChI=1S/C9H15NOS/c1-7(10)4-6-12-9-3-5-11-8(9)2/h3,5,7H,4,6,10H2,1-2H3. The van der Waals surface area contributed by atoms with Gasteiger partial charge >= 0.3 is 0 Å². The SMILES string of the molecule is Cc1occc1SCCC(C)N. The molecule has 0 aliphatic heterocycles. The maximum absolute atomic E-state index is 5.63. The smallest absolute Gasteiger partial charge is 0.114 e. The lowest BCUT2D eigenvalue weighted by Gasteiger charge is -2.02. The van der Waals surface area contributed by atoms with Gasteiger partial charge in [-0.2, -0.15) is 0 Å². The summed E-state index contributed by atoms with van der Waals surface area (Å²) in [6.07, 6.45) is 2.78. The largest absolute Gasteiger partial charge is 0.468 e. The molecule has 1 rings (SSSR count). The minimum atomic E-state index is 0.296. The molecule has 2 N–H and O–H groups in total. The highest BCUT2D eigenvalue weighted by Gasteiger charge is 2.01. The molecule has 0 fully saturated rings. The number of rotatable bonds is 4. The summed E-state index contributed by atoms with van der Waals surface area (Å²) >= 11 is 1.81. The van der Waals surface area contributed by atoms with Crippen molar-refractivity contribution in [2.75, 3.05) is 5.75 Å². The second-order valence-electron chi connectivity index (χ2n) is 2.96. The predicted octanol–water partition coefficient (Wildman–Crippen LogP) is 2.42. The third-order valence-electron chi connectivity index (χ3n) is 1.64. The molecular weight excluding hydrogens is 170 g/mol. The number of furan rings is 1. The summed E-state index contributed by atoms with van der Waals surface area (Å²) in [4.78, 5) is 1.23. The Labute approximate surface area is 77.5 Å². The second-order valence-corrected chi connectivity index (χ2v) is 4.09. The van der Waals surface area contributed by atoms with Crippen LogP contribution in [0.25, 0.3) is 0 Å². The molecule has 0 radical (unpaired) electrons. The van der Waals surface area contributed by atoms with E-state index >= 15 is 0 Å². The molecular formula is C9H15NOS. The zero-order valence-electron chi connectivity index (χ0n) is 7.54. The van der Waals surface area contributed by atoms with Crippen molar-refractivity contribution in [1.82, 2.24) is 0 Å². The van der Waals surface area contributed by atoms with Gasteiger partial charge in [-0.3, -0.25) is 0 Å². The van der Waals surface area contributed by atoms with Gasteiger partial charge in [-0.15, -0.1) is 11.8 Å². The molecule has 0 aliphatic carbocycles. The van der Waals surface area contributed by atoms with Crippen LogP contribution < -0.4 is 5.73 Å². The van der Waals surface area contributed by atoms with E-state index in [0.29, 0.717) is 6.04 Å². The third-order valence-corrected chi connectivity index (χ3v) is 2.82. The fourth-order valence-electron chi connectivity index (χ4n) is 0.878. The monoisotopic (exact) mass is 185 g/mol. The van der Waals surface area contributed by atoms with Crippen LogP contribution in [0.4, 0.5) is 0 Å². The summed E-state index contributed by atoms with van der Waals surface area (Å²) in [5.74, 6) is 2.07. The number of thioether (sulfide) groups is 1. The van der Waals surface area contributed by atoms with Gasteiger partial charge in [0.1, 0.15) is 5.76 Å². The van der Waals surface area contributed by atoms with Crippen LogP contribution in [-0.4, -0.2) is 11.8 Å². The predicted molar refractivity (Wildman–Crippen MR) is 52.4 cm³/mol. The average Bonchev–Trinajstić information content (AvgIpc) is 2.36. The summed E-state index contributed by atoms with van der Waals surface area (Å²) in [6, 6.07) is 2.30. The first-order valence-electron chi connectivity index (χ1n) is 4.12. The first-order chi connectivity index (χ1) is 5.70. The van der Waals surface area contributed by atoms with Crippen molar-refractivity contribution in [3.05, 3.63) is 18.1 Å². The van der Waals surface area contributed by atoms with Crippen molar-refractivity contribution in [2.24, 2.45) is 5.73 Å². The number of nitrogens with two attached hydrogens (primary N) is 1. The normalized spacial score (nSPS) is 13.2. The van der Waals surface area contributed by atoms with Gasteiger partial charge in [0.05, 0.1) is 6.26 Å². The molecule has 1 atom stereocenters. The maximum Gasteiger partial charge on any atom is 0.114 e. The van der Waals surface area contributed by atoms with E-state index in [-0.39, 0.29) is 0 Å². The van der Waals surface area contributed by atoms with Gasteiger partial charge < -0.3 is 10.2 Å². The zero-order chi connectivity index (χ0) is 8.97. The Hall–Kier alpha value is -0.410. The second kappa shape index (κ2) is 4.58. The molecule has 0 spiro atoms. The molecule has 0 aliphatic rings. The van der Waals surface area contributed by atoms with E-state index in [1.807, 2.05) is 31.7 Å². The number of aryl methyl sites for hydroxylation is 1. The fraction of sp³-hybridized carbons (Fsp3) is 0.556. The molecule has 0 aromatic carbocycles. The van der Waals surface area contributed by atoms with Gasteiger partial charge in [0, 0.05) is 10.9 Å². The van der Waals surface area contributed by atoms with Crippen molar-refractivity contribution in [3.8, 4) is 0 Å². The van der Waals surface area contributed by atoms with Crippen molar-refractivity contribution >= 4 is 11.8 Å². The van der Waals surface area contributed by atoms with E-state index in [1.165, 1.54) is 4.90 Å². The lowest BCUT2D eigenvalue weighted by atomic mass is 10.3. The Morgan fingerprint density at radius 1 is 1.67 bits per heavy atom. The molecule has 0 saturated carbocycles. The molecule has 2 nitrogen and oxygen atoms in total.